The molecule has 1 saturated carbocycles. The summed E-state index contributed by atoms with van der Waals surface area (Å²) < 4.78 is 0. The molecule has 3 nitrogen and oxygen atoms in total. The Morgan fingerprint density at radius 3 is 2.64 bits per heavy atom. The van der Waals surface area contributed by atoms with E-state index in [1.165, 1.54) is 32.1 Å². The molecule has 1 aromatic carbocycles. The lowest BCUT2D eigenvalue weighted by Gasteiger charge is -2.32. The quantitative estimate of drug-likeness (QED) is 0.880. The van der Waals surface area contributed by atoms with Gasteiger partial charge < -0.3 is 9.88 Å². The van der Waals surface area contributed by atoms with E-state index in [0.29, 0.717) is 11.6 Å². The molecule has 0 aliphatic heterocycles. The molecule has 0 atom stereocenters. The number of H-pyrrole nitrogens is 1. The molecule has 3 rings (SSSR count). The predicted octanol–water partition coefficient (Wildman–Crippen LogP) is 4.60. The molecule has 0 unspecified atom stereocenters. The number of rotatable bonds is 4. The van der Waals surface area contributed by atoms with Gasteiger partial charge in [0.15, 0.2) is 0 Å². The van der Waals surface area contributed by atoms with Crippen molar-refractivity contribution in [2.45, 2.75) is 52.0 Å². The van der Waals surface area contributed by atoms with Gasteiger partial charge in [-0.3, -0.25) is 4.79 Å². The maximum atomic E-state index is 12.9. The van der Waals surface area contributed by atoms with Crippen molar-refractivity contribution in [1.29, 1.82) is 0 Å². The monoisotopic (exact) mass is 298 g/mol. The van der Waals surface area contributed by atoms with E-state index in [9.17, 15) is 4.79 Å². The molecule has 118 valence electrons. The molecule has 1 aromatic heterocycles. The van der Waals surface area contributed by atoms with Crippen LogP contribution in [0.1, 0.15) is 56.4 Å². The summed E-state index contributed by atoms with van der Waals surface area (Å²) in [6.07, 6.45) is 6.52. The Labute approximate surface area is 132 Å². The minimum absolute atomic E-state index is 0.136. The molecule has 0 bridgehead atoms. The van der Waals surface area contributed by atoms with Gasteiger partial charge in [-0.15, -0.1) is 0 Å². The molecule has 1 fully saturated rings. The smallest absolute Gasteiger partial charge is 0.270 e. The van der Waals surface area contributed by atoms with Crippen LogP contribution in [0.3, 0.4) is 0 Å². The van der Waals surface area contributed by atoms with E-state index in [0.717, 1.165) is 17.4 Å². The first-order chi connectivity index (χ1) is 10.6. The lowest BCUT2D eigenvalue weighted by molar-refractivity contribution is 0.0650. The van der Waals surface area contributed by atoms with Crippen LogP contribution in [-0.2, 0) is 0 Å². The Morgan fingerprint density at radius 1 is 1.23 bits per heavy atom. The minimum Gasteiger partial charge on any atom is -0.351 e. The summed E-state index contributed by atoms with van der Waals surface area (Å²) in [5.41, 5.74) is 1.75. The standard InChI is InChI=1S/C19H26N2O/c1-14(2)21(13-15-8-4-3-5-9-15)19(22)18-12-16-10-6-7-11-17(16)20-18/h6-7,10-12,14-15,20H,3-5,8-9,13H2,1-2H3. The molecule has 3 heteroatoms. The maximum absolute atomic E-state index is 12.9. The molecule has 2 aromatic rings. The molecule has 1 aliphatic carbocycles. The fraction of sp³-hybridized carbons (Fsp3) is 0.526. The topological polar surface area (TPSA) is 36.1 Å². The Bertz CT molecular complexity index is 605. The summed E-state index contributed by atoms with van der Waals surface area (Å²) in [7, 11) is 0. The number of amides is 1. The Balaban J connectivity index is 1.79. The molecule has 1 heterocycles. The van der Waals surface area contributed by atoms with Crippen molar-refractivity contribution in [3.63, 3.8) is 0 Å². The van der Waals surface area contributed by atoms with Crippen LogP contribution in [0.5, 0.6) is 0 Å². The number of benzene rings is 1. The highest BCUT2D eigenvalue weighted by molar-refractivity contribution is 5.98. The summed E-state index contributed by atoms with van der Waals surface area (Å²) in [4.78, 5) is 18.2. The summed E-state index contributed by atoms with van der Waals surface area (Å²) in [5.74, 6) is 0.807. The maximum Gasteiger partial charge on any atom is 0.270 e. The summed E-state index contributed by atoms with van der Waals surface area (Å²) in [6.45, 7) is 5.12. The first kappa shape index (κ1) is 15.1. The number of para-hydroxylation sites is 1. The Hall–Kier alpha value is -1.77. The van der Waals surface area contributed by atoms with Crippen molar-refractivity contribution < 1.29 is 4.79 Å². The fourth-order valence-corrected chi connectivity index (χ4v) is 3.52. The van der Waals surface area contributed by atoms with Gasteiger partial charge in [0, 0.05) is 23.5 Å². The van der Waals surface area contributed by atoms with Crippen molar-refractivity contribution in [3.05, 3.63) is 36.0 Å². The zero-order valence-corrected chi connectivity index (χ0v) is 13.6. The third kappa shape index (κ3) is 3.18. The second-order valence-corrected chi connectivity index (χ2v) is 6.83. The van der Waals surface area contributed by atoms with Crippen LogP contribution in [0.15, 0.2) is 30.3 Å². The van der Waals surface area contributed by atoms with E-state index in [1.807, 2.05) is 35.2 Å². The third-order valence-corrected chi connectivity index (χ3v) is 4.82. The van der Waals surface area contributed by atoms with E-state index >= 15 is 0 Å². The number of nitrogens with one attached hydrogen (secondary N) is 1. The zero-order chi connectivity index (χ0) is 15.5. The molecule has 22 heavy (non-hydrogen) atoms. The number of carbonyl (C=O) groups is 1. The second-order valence-electron chi connectivity index (χ2n) is 6.83. The first-order valence-corrected chi connectivity index (χ1v) is 8.54. The van der Waals surface area contributed by atoms with Crippen LogP contribution in [-0.4, -0.2) is 28.4 Å². The van der Waals surface area contributed by atoms with Crippen LogP contribution >= 0.6 is 0 Å². The highest BCUT2D eigenvalue weighted by Gasteiger charge is 2.24. The second kappa shape index (κ2) is 6.55. The average Bonchev–Trinajstić information content (AvgIpc) is 2.97. The number of hydrogen-bond acceptors (Lipinski definition) is 1. The predicted molar refractivity (Wildman–Crippen MR) is 91.0 cm³/mol. The van der Waals surface area contributed by atoms with Crippen LogP contribution in [0.4, 0.5) is 0 Å². The van der Waals surface area contributed by atoms with Crippen molar-refractivity contribution in [1.82, 2.24) is 9.88 Å². The molecule has 0 saturated heterocycles. The highest BCUT2D eigenvalue weighted by Crippen LogP contribution is 2.26. The van der Waals surface area contributed by atoms with Gasteiger partial charge in [0.1, 0.15) is 5.69 Å². The van der Waals surface area contributed by atoms with Crippen LogP contribution in [0, 0.1) is 5.92 Å². The van der Waals surface area contributed by atoms with Crippen LogP contribution in [0.2, 0.25) is 0 Å². The number of hydrogen-bond donors (Lipinski definition) is 1. The molecular weight excluding hydrogens is 272 g/mol. The largest absolute Gasteiger partial charge is 0.351 e. The number of carbonyl (C=O) groups excluding carboxylic acids is 1. The van der Waals surface area contributed by atoms with Crippen molar-refractivity contribution in [2.75, 3.05) is 6.54 Å². The van der Waals surface area contributed by atoms with Gasteiger partial charge in [0.05, 0.1) is 0 Å². The van der Waals surface area contributed by atoms with Crippen molar-refractivity contribution in [2.24, 2.45) is 5.92 Å². The average molecular weight is 298 g/mol. The van der Waals surface area contributed by atoms with Crippen LogP contribution in [0.25, 0.3) is 10.9 Å². The highest BCUT2D eigenvalue weighted by atomic mass is 16.2. The summed E-state index contributed by atoms with van der Waals surface area (Å²) in [6, 6.07) is 10.3. The minimum atomic E-state index is 0.136. The Kier molecular flexibility index (Phi) is 4.51. The lowest BCUT2D eigenvalue weighted by Crippen LogP contribution is -2.41. The lowest BCUT2D eigenvalue weighted by atomic mass is 9.88. The molecule has 0 spiro atoms. The molecule has 1 aliphatic rings. The van der Waals surface area contributed by atoms with Gasteiger partial charge in [-0.05, 0) is 44.7 Å². The van der Waals surface area contributed by atoms with E-state index in [-0.39, 0.29) is 11.9 Å². The van der Waals surface area contributed by atoms with E-state index in [4.69, 9.17) is 0 Å². The van der Waals surface area contributed by atoms with Gasteiger partial charge in [-0.25, -0.2) is 0 Å². The van der Waals surface area contributed by atoms with Gasteiger partial charge in [0.2, 0.25) is 0 Å². The summed E-state index contributed by atoms with van der Waals surface area (Å²) in [5, 5.41) is 1.10. The normalized spacial score (nSPS) is 16.3. The van der Waals surface area contributed by atoms with Crippen LogP contribution < -0.4 is 0 Å². The van der Waals surface area contributed by atoms with E-state index in [2.05, 4.69) is 18.8 Å². The third-order valence-electron chi connectivity index (χ3n) is 4.82. The zero-order valence-electron chi connectivity index (χ0n) is 13.6. The van der Waals surface area contributed by atoms with E-state index < -0.39 is 0 Å². The first-order valence-electron chi connectivity index (χ1n) is 8.54. The summed E-state index contributed by atoms with van der Waals surface area (Å²) >= 11 is 0. The van der Waals surface area contributed by atoms with Gasteiger partial charge in [0.25, 0.3) is 5.91 Å². The van der Waals surface area contributed by atoms with Gasteiger partial charge in [-0.2, -0.15) is 0 Å². The fourth-order valence-electron chi connectivity index (χ4n) is 3.52. The SMILES string of the molecule is CC(C)N(CC1CCCCC1)C(=O)c1cc2ccccc2[nH]1. The van der Waals surface area contributed by atoms with Gasteiger partial charge >= 0.3 is 0 Å². The number of aromatic nitrogens is 1. The Morgan fingerprint density at radius 2 is 1.95 bits per heavy atom. The van der Waals surface area contributed by atoms with Crippen molar-refractivity contribution >= 4 is 16.8 Å². The molecule has 1 N–H and O–H groups in total. The van der Waals surface area contributed by atoms with E-state index in [1.54, 1.807) is 0 Å². The van der Waals surface area contributed by atoms with Crippen molar-refractivity contribution in [3.8, 4) is 0 Å². The number of aromatic amines is 1. The molecule has 1 amide bonds. The molecule has 0 radical (unpaired) electrons. The van der Waals surface area contributed by atoms with Gasteiger partial charge in [-0.1, -0.05) is 37.5 Å². The molecular formula is C19H26N2O. The number of fused-ring (bicyclic) bond motifs is 1. The number of nitrogens with zero attached hydrogens (tertiary/aromatic N) is 1.